The number of nitrogens with one attached hydrogen (secondary N) is 1. The molecule has 9 heteroatoms. The fourth-order valence-corrected chi connectivity index (χ4v) is 3.23. The molecule has 2 aromatic rings. The number of carbonyl (C=O) groups excluding carboxylic acids is 1. The predicted molar refractivity (Wildman–Crippen MR) is 95.5 cm³/mol. The second-order valence-corrected chi connectivity index (χ2v) is 6.56. The third kappa shape index (κ3) is 4.25. The summed E-state index contributed by atoms with van der Waals surface area (Å²) in [4.78, 5) is 26.0. The van der Waals surface area contributed by atoms with Gasteiger partial charge in [-0.25, -0.2) is 8.78 Å². The molecule has 2 atom stereocenters. The zero-order valence-corrected chi connectivity index (χ0v) is 14.9. The topological polar surface area (TPSA) is 95.7 Å². The molecule has 0 bridgehead atoms. The van der Waals surface area contributed by atoms with Crippen molar-refractivity contribution in [2.75, 3.05) is 19.6 Å². The maximum Gasteiger partial charge on any atom is 0.309 e. The molecule has 2 heterocycles. The van der Waals surface area contributed by atoms with Crippen LogP contribution in [0.25, 0.3) is 11.3 Å². The van der Waals surface area contributed by atoms with E-state index in [0.717, 1.165) is 6.07 Å². The van der Waals surface area contributed by atoms with Gasteiger partial charge in [-0.05, 0) is 18.6 Å². The summed E-state index contributed by atoms with van der Waals surface area (Å²) in [6, 6.07) is 3.60. The van der Waals surface area contributed by atoms with E-state index in [4.69, 9.17) is 4.52 Å². The Hall–Kier alpha value is -3.07. The van der Waals surface area contributed by atoms with Gasteiger partial charge in [0, 0.05) is 37.8 Å². The first-order valence-corrected chi connectivity index (χ1v) is 8.68. The highest BCUT2D eigenvalue weighted by Gasteiger charge is 2.35. The van der Waals surface area contributed by atoms with Crippen LogP contribution in [-0.2, 0) is 4.79 Å². The van der Waals surface area contributed by atoms with Crippen molar-refractivity contribution in [2.24, 2.45) is 5.92 Å². The van der Waals surface area contributed by atoms with Gasteiger partial charge in [-0.2, -0.15) is 0 Å². The predicted octanol–water partition coefficient (Wildman–Crippen LogP) is 2.31. The molecular formula is C19H19F2N3O4. The number of piperidine rings is 1. The number of carbonyl (C=O) groups is 2. The number of aliphatic carboxylic acids is 1. The van der Waals surface area contributed by atoms with Crippen molar-refractivity contribution in [2.45, 2.75) is 12.5 Å². The lowest BCUT2D eigenvalue weighted by atomic mass is 9.92. The van der Waals surface area contributed by atoms with E-state index in [1.54, 1.807) is 6.08 Å². The molecule has 7 nitrogen and oxygen atoms in total. The number of aromatic nitrogens is 1. The molecule has 3 rings (SSSR count). The fraction of sp³-hybridized carbons (Fsp3) is 0.316. The number of carboxylic acids is 1. The van der Waals surface area contributed by atoms with Crippen molar-refractivity contribution < 1.29 is 28.0 Å². The summed E-state index contributed by atoms with van der Waals surface area (Å²) >= 11 is 0. The number of carboxylic acid groups (broad SMARTS) is 1. The van der Waals surface area contributed by atoms with E-state index < -0.39 is 35.5 Å². The van der Waals surface area contributed by atoms with Crippen LogP contribution in [-0.4, -0.2) is 52.7 Å². The first-order valence-electron chi connectivity index (χ1n) is 8.68. The molecule has 1 aromatic heterocycles. The van der Waals surface area contributed by atoms with E-state index in [0.29, 0.717) is 25.6 Å². The minimum Gasteiger partial charge on any atom is -0.481 e. The maximum atomic E-state index is 13.9. The Morgan fingerprint density at radius 1 is 1.39 bits per heavy atom. The highest BCUT2D eigenvalue weighted by atomic mass is 19.1. The lowest BCUT2D eigenvalue weighted by Crippen LogP contribution is -2.53. The molecule has 0 spiro atoms. The summed E-state index contributed by atoms with van der Waals surface area (Å²) in [5, 5.41) is 15.8. The second kappa shape index (κ2) is 8.30. The minimum absolute atomic E-state index is 0.0294. The minimum atomic E-state index is -1.01. The van der Waals surface area contributed by atoms with Gasteiger partial charge < -0.3 is 14.9 Å². The van der Waals surface area contributed by atoms with E-state index in [2.05, 4.69) is 17.1 Å². The van der Waals surface area contributed by atoms with Crippen LogP contribution >= 0.6 is 0 Å². The van der Waals surface area contributed by atoms with Gasteiger partial charge in [-0.15, -0.1) is 6.58 Å². The van der Waals surface area contributed by atoms with Gasteiger partial charge in [0.2, 0.25) is 0 Å². The molecule has 1 aromatic carbocycles. The van der Waals surface area contributed by atoms with Gasteiger partial charge in [-0.1, -0.05) is 11.2 Å². The van der Waals surface area contributed by atoms with E-state index in [1.807, 2.05) is 4.90 Å². The summed E-state index contributed by atoms with van der Waals surface area (Å²) in [6.07, 6.45) is 2.15. The van der Waals surface area contributed by atoms with Gasteiger partial charge in [0.1, 0.15) is 11.6 Å². The lowest BCUT2D eigenvalue weighted by molar-refractivity contribution is -0.144. The molecule has 0 aliphatic carbocycles. The summed E-state index contributed by atoms with van der Waals surface area (Å²) < 4.78 is 31.9. The SMILES string of the molecule is C=CCN1CC[C@H](NC(=O)c2cc(-c3ccc(F)cc3F)on2)[C@@H](C(=O)O)C1. The van der Waals surface area contributed by atoms with E-state index in [-0.39, 0.29) is 23.6 Å². The molecule has 1 fully saturated rings. The molecule has 1 aliphatic rings. The van der Waals surface area contributed by atoms with Crippen molar-refractivity contribution in [1.82, 2.24) is 15.4 Å². The number of hydrogen-bond acceptors (Lipinski definition) is 5. The second-order valence-electron chi connectivity index (χ2n) is 6.56. The third-order valence-corrected chi connectivity index (χ3v) is 4.66. The fourth-order valence-electron chi connectivity index (χ4n) is 3.23. The summed E-state index contributed by atoms with van der Waals surface area (Å²) in [6.45, 7) is 5.12. The van der Waals surface area contributed by atoms with Crippen molar-refractivity contribution in [3.8, 4) is 11.3 Å². The van der Waals surface area contributed by atoms with E-state index in [9.17, 15) is 23.5 Å². The van der Waals surface area contributed by atoms with Crippen molar-refractivity contribution in [1.29, 1.82) is 0 Å². The highest BCUT2D eigenvalue weighted by Crippen LogP contribution is 2.25. The lowest BCUT2D eigenvalue weighted by Gasteiger charge is -2.36. The zero-order chi connectivity index (χ0) is 20.3. The number of benzene rings is 1. The Labute approximate surface area is 159 Å². The highest BCUT2D eigenvalue weighted by molar-refractivity contribution is 5.93. The molecule has 0 unspecified atom stereocenters. The summed E-state index contributed by atoms with van der Waals surface area (Å²) in [5.74, 6) is -4.01. The molecule has 0 saturated carbocycles. The van der Waals surface area contributed by atoms with Crippen molar-refractivity contribution in [3.05, 3.63) is 54.2 Å². The number of likely N-dealkylation sites (tertiary alicyclic amines) is 1. The first-order chi connectivity index (χ1) is 13.4. The van der Waals surface area contributed by atoms with Gasteiger partial charge in [0.05, 0.1) is 11.5 Å². The quantitative estimate of drug-likeness (QED) is 0.734. The number of amides is 1. The van der Waals surface area contributed by atoms with Gasteiger partial charge in [0.25, 0.3) is 5.91 Å². The molecule has 28 heavy (non-hydrogen) atoms. The molecule has 2 N–H and O–H groups in total. The molecule has 0 radical (unpaired) electrons. The maximum absolute atomic E-state index is 13.9. The monoisotopic (exact) mass is 391 g/mol. The van der Waals surface area contributed by atoms with Gasteiger partial charge in [-0.3, -0.25) is 14.5 Å². The Morgan fingerprint density at radius 2 is 2.18 bits per heavy atom. The Balaban J connectivity index is 1.71. The van der Waals surface area contributed by atoms with Crippen molar-refractivity contribution >= 4 is 11.9 Å². The van der Waals surface area contributed by atoms with Crippen LogP contribution in [0.2, 0.25) is 0 Å². The van der Waals surface area contributed by atoms with Crippen LogP contribution in [0.3, 0.4) is 0 Å². The standard InChI is InChI=1S/C19H19F2N3O4/c1-2-6-24-7-5-15(13(10-24)19(26)27)22-18(25)16-9-17(28-23-16)12-4-3-11(20)8-14(12)21/h2-4,8-9,13,15H,1,5-7,10H2,(H,22,25)(H,26,27)/t13-,15-/m0/s1. The smallest absolute Gasteiger partial charge is 0.309 e. The zero-order valence-electron chi connectivity index (χ0n) is 14.9. The first kappa shape index (κ1) is 19.7. The van der Waals surface area contributed by atoms with E-state index >= 15 is 0 Å². The molecule has 1 amide bonds. The number of rotatable bonds is 6. The van der Waals surface area contributed by atoms with Crippen LogP contribution in [0.5, 0.6) is 0 Å². The Bertz CT molecular complexity index is 899. The molecule has 148 valence electrons. The largest absolute Gasteiger partial charge is 0.481 e. The normalized spacial score (nSPS) is 19.9. The van der Waals surface area contributed by atoms with Crippen LogP contribution in [0.1, 0.15) is 16.9 Å². The van der Waals surface area contributed by atoms with Crippen LogP contribution in [0, 0.1) is 17.6 Å². The van der Waals surface area contributed by atoms with E-state index in [1.165, 1.54) is 12.1 Å². The van der Waals surface area contributed by atoms with Crippen LogP contribution in [0.15, 0.2) is 41.4 Å². The number of halogens is 2. The average molecular weight is 391 g/mol. The van der Waals surface area contributed by atoms with Gasteiger partial charge in [0.15, 0.2) is 11.5 Å². The summed E-state index contributed by atoms with van der Waals surface area (Å²) in [5.41, 5.74) is -0.148. The average Bonchev–Trinajstić information content (AvgIpc) is 3.13. The number of nitrogens with zero attached hydrogens (tertiary/aromatic N) is 2. The Kier molecular flexibility index (Phi) is 5.84. The summed E-state index contributed by atoms with van der Waals surface area (Å²) in [7, 11) is 0. The van der Waals surface area contributed by atoms with Crippen molar-refractivity contribution in [3.63, 3.8) is 0 Å². The van der Waals surface area contributed by atoms with Crippen LogP contribution in [0.4, 0.5) is 8.78 Å². The number of hydrogen-bond donors (Lipinski definition) is 2. The van der Waals surface area contributed by atoms with Gasteiger partial charge >= 0.3 is 5.97 Å². The molecule has 1 aliphatic heterocycles. The molecule has 1 saturated heterocycles. The van der Waals surface area contributed by atoms with Crippen LogP contribution < -0.4 is 5.32 Å². The molecular weight excluding hydrogens is 372 g/mol. The Morgan fingerprint density at radius 3 is 2.86 bits per heavy atom. The third-order valence-electron chi connectivity index (χ3n) is 4.66.